The number of aromatic nitrogens is 1. The van der Waals surface area contributed by atoms with Crippen LogP contribution in [0.5, 0.6) is 0 Å². The molecule has 1 heterocycles. The summed E-state index contributed by atoms with van der Waals surface area (Å²) in [5, 5.41) is 4.00. The molecule has 0 saturated carbocycles. The molecular formula is C9H14N2O. The highest BCUT2D eigenvalue weighted by molar-refractivity contribution is 5.27. The minimum absolute atomic E-state index is 0.00981. The van der Waals surface area contributed by atoms with E-state index in [9.17, 15) is 0 Å². The molecule has 0 radical (unpaired) electrons. The summed E-state index contributed by atoms with van der Waals surface area (Å²) in [4.78, 5) is 0. The van der Waals surface area contributed by atoms with Crippen LogP contribution >= 0.6 is 0 Å². The van der Waals surface area contributed by atoms with Crippen molar-refractivity contribution in [1.29, 1.82) is 0 Å². The molecule has 1 unspecified atom stereocenters. The molecule has 0 amide bonds. The van der Waals surface area contributed by atoms with Crippen LogP contribution in [-0.4, -0.2) is 5.16 Å². The van der Waals surface area contributed by atoms with Gasteiger partial charge < -0.3 is 10.3 Å². The molecule has 66 valence electrons. The number of hydrogen-bond acceptors (Lipinski definition) is 3. The Labute approximate surface area is 71.9 Å². The van der Waals surface area contributed by atoms with Crippen molar-refractivity contribution in [1.82, 2.24) is 5.16 Å². The highest BCUT2D eigenvalue weighted by atomic mass is 16.5. The summed E-state index contributed by atoms with van der Waals surface area (Å²) < 4.78 is 5.22. The number of rotatable bonds is 1. The van der Waals surface area contributed by atoms with Gasteiger partial charge in [-0.2, -0.15) is 0 Å². The topological polar surface area (TPSA) is 52.0 Å². The van der Waals surface area contributed by atoms with E-state index in [1.54, 1.807) is 0 Å². The summed E-state index contributed by atoms with van der Waals surface area (Å²) in [7, 11) is 0. The molecule has 2 N–H and O–H groups in total. The standard InChI is InChI=1S/C9H14N2O/c1-6(10)9-7-4-2-3-5-8(7)12-11-9/h6H,2-5,10H2,1H3. The summed E-state index contributed by atoms with van der Waals surface area (Å²) in [6, 6.07) is 0.00981. The van der Waals surface area contributed by atoms with Gasteiger partial charge in [0.25, 0.3) is 0 Å². The van der Waals surface area contributed by atoms with Crippen molar-refractivity contribution in [3.05, 3.63) is 17.0 Å². The van der Waals surface area contributed by atoms with Crippen LogP contribution in [0.2, 0.25) is 0 Å². The van der Waals surface area contributed by atoms with E-state index in [4.69, 9.17) is 10.3 Å². The van der Waals surface area contributed by atoms with Crippen LogP contribution in [0.15, 0.2) is 4.52 Å². The lowest BCUT2D eigenvalue weighted by Crippen LogP contribution is -2.10. The van der Waals surface area contributed by atoms with Crippen LogP contribution in [0.25, 0.3) is 0 Å². The number of hydrogen-bond donors (Lipinski definition) is 1. The Kier molecular flexibility index (Phi) is 1.89. The van der Waals surface area contributed by atoms with Crippen molar-refractivity contribution < 1.29 is 4.52 Å². The smallest absolute Gasteiger partial charge is 0.140 e. The van der Waals surface area contributed by atoms with Crippen molar-refractivity contribution >= 4 is 0 Å². The molecule has 1 aliphatic rings. The number of fused-ring (bicyclic) bond motifs is 1. The molecule has 1 aromatic heterocycles. The highest BCUT2D eigenvalue weighted by Crippen LogP contribution is 2.26. The van der Waals surface area contributed by atoms with E-state index in [2.05, 4.69) is 5.16 Å². The third-order valence-electron chi connectivity index (χ3n) is 2.41. The van der Waals surface area contributed by atoms with E-state index in [0.29, 0.717) is 0 Å². The van der Waals surface area contributed by atoms with Gasteiger partial charge in [0.1, 0.15) is 11.5 Å². The van der Waals surface area contributed by atoms with Crippen LogP contribution in [0, 0.1) is 0 Å². The molecule has 1 aliphatic carbocycles. The van der Waals surface area contributed by atoms with Gasteiger partial charge in [-0.3, -0.25) is 0 Å². The first kappa shape index (κ1) is 7.80. The Morgan fingerprint density at radius 2 is 2.17 bits per heavy atom. The summed E-state index contributed by atoms with van der Waals surface area (Å²) in [5.41, 5.74) is 8.00. The largest absolute Gasteiger partial charge is 0.361 e. The van der Waals surface area contributed by atoms with Gasteiger partial charge >= 0.3 is 0 Å². The van der Waals surface area contributed by atoms with Crippen molar-refractivity contribution in [2.45, 2.75) is 38.6 Å². The molecule has 3 heteroatoms. The minimum atomic E-state index is 0.00981. The van der Waals surface area contributed by atoms with E-state index in [0.717, 1.165) is 24.3 Å². The van der Waals surface area contributed by atoms with Gasteiger partial charge in [-0.25, -0.2) is 0 Å². The van der Waals surface area contributed by atoms with Crippen LogP contribution in [0.3, 0.4) is 0 Å². The summed E-state index contributed by atoms with van der Waals surface area (Å²) >= 11 is 0. The lowest BCUT2D eigenvalue weighted by Gasteiger charge is -2.10. The third-order valence-corrected chi connectivity index (χ3v) is 2.41. The molecule has 2 rings (SSSR count). The Hall–Kier alpha value is -0.830. The molecule has 0 aliphatic heterocycles. The number of nitrogens with zero attached hydrogens (tertiary/aromatic N) is 1. The van der Waals surface area contributed by atoms with E-state index >= 15 is 0 Å². The maximum absolute atomic E-state index is 5.76. The molecule has 12 heavy (non-hydrogen) atoms. The Morgan fingerprint density at radius 3 is 2.92 bits per heavy atom. The lowest BCUT2D eigenvalue weighted by molar-refractivity contribution is 0.366. The maximum Gasteiger partial charge on any atom is 0.140 e. The molecule has 0 spiro atoms. The van der Waals surface area contributed by atoms with Crippen molar-refractivity contribution in [2.75, 3.05) is 0 Å². The monoisotopic (exact) mass is 166 g/mol. The van der Waals surface area contributed by atoms with Crippen LogP contribution in [0.4, 0.5) is 0 Å². The fraction of sp³-hybridized carbons (Fsp3) is 0.667. The average Bonchev–Trinajstić information content (AvgIpc) is 2.47. The second-order valence-electron chi connectivity index (χ2n) is 3.47. The Balaban J connectivity index is 2.38. The van der Waals surface area contributed by atoms with Crippen molar-refractivity contribution in [3.8, 4) is 0 Å². The maximum atomic E-state index is 5.76. The second-order valence-corrected chi connectivity index (χ2v) is 3.47. The van der Waals surface area contributed by atoms with Gasteiger partial charge in [-0.05, 0) is 26.2 Å². The lowest BCUT2D eigenvalue weighted by atomic mass is 9.95. The van der Waals surface area contributed by atoms with Crippen LogP contribution < -0.4 is 5.73 Å². The van der Waals surface area contributed by atoms with Gasteiger partial charge in [0, 0.05) is 18.0 Å². The predicted octanol–water partition coefficient (Wildman–Crippen LogP) is 1.57. The van der Waals surface area contributed by atoms with Crippen molar-refractivity contribution in [2.24, 2.45) is 5.73 Å². The first-order valence-electron chi connectivity index (χ1n) is 4.52. The summed E-state index contributed by atoms with van der Waals surface area (Å²) in [6.07, 6.45) is 4.60. The molecule has 0 saturated heterocycles. The minimum Gasteiger partial charge on any atom is -0.361 e. The molecule has 3 nitrogen and oxygen atoms in total. The van der Waals surface area contributed by atoms with E-state index < -0.39 is 0 Å². The summed E-state index contributed by atoms with van der Waals surface area (Å²) in [6.45, 7) is 1.95. The van der Waals surface area contributed by atoms with Crippen LogP contribution in [0.1, 0.15) is 42.8 Å². The second kappa shape index (κ2) is 2.90. The quantitative estimate of drug-likeness (QED) is 0.689. The Morgan fingerprint density at radius 1 is 1.42 bits per heavy atom. The fourth-order valence-corrected chi connectivity index (χ4v) is 1.77. The number of aryl methyl sites for hydroxylation is 1. The van der Waals surface area contributed by atoms with Gasteiger partial charge in [0.2, 0.25) is 0 Å². The zero-order chi connectivity index (χ0) is 8.55. The normalized spacial score (nSPS) is 18.8. The molecule has 0 aromatic carbocycles. The first-order valence-corrected chi connectivity index (χ1v) is 4.52. The van der Waals surface area contributed by atoms with Gasteiger partial charge in [0.15, 0.2) is 0 Å². The first-order chi connectivity index (χ1) is 5.79. The van der Waals surface area contributed by atoms with E-state index in [-0.39, 0.29) is 6.04 Å². The van der Waals surface area contributed by atoms with E-state index in [1.807, 2.05) is 6.92 Å². The molecule has 1 atom stereocenters. The third kappa shape index (κ3) is 1.14. The molecule has 0 fully saturated rings. The Bertz CT molecular complexity index is 278. The van der Waals surface area contributed by atoms with E-state index in [1.165, 1.54) is 18.4 Å². The average molecular weight is 166 g/mol. The van der Waals surface area contributed by atoms with Gasteiger partial charge in [-0.1, -0.05) is 5.16 Å². The highest BCUT2D eigenvalue weighted by Gasteiger charge is 2.20. The van der Waals surface area contributed by atoms with Crippen molar-refractivity contribution in [3.63, 3.8) is 0 Å². The summed E-state index contributed by atoms with van der Waals surface area (Å²) in [5.74, 6) is 1.06. The molecular weight excluding hydrogens is 152 g/mol. The van der Waals surface area contributed by atoms with Gasteiger partial charge in [-0.15, -0.1) is 0 Å². The SMILES string of the molecule is CC(N)c1noc2c1CCCC2. The predicted molar refractivity (Wildman–Crippen MR) is 45.7 cm³/mol. The van der Waals surface area contributed by atoms with Gasteiger partial charge in [0.05, 0.1) is 0 Å². The fourth-order valence-electron chi connectivity index (χ4n) is 1.77. The van der Waals surface area contributed by atoms with Crippen LogP contribution in [-0.2, 0) is 12.8 Å². The zero-order valence-corrected chi connectivity index (χ0v) is 7.34. The molecule has 0 bridgehead atoms. The zero-order valence-electron chi connectivity index (χ0n) is 7.34. The number of nitrogens with two attached hydrogens (primary N) is 1. The molecule has 1 aromatic rings.